The molecular formula is C16H29NO2. The first kappa shape index (κ1) is 16.3. The van der Waals surface area contributed by atoms with Crippen LogP contribution in [0.3, 0.4) is 0 Å². The Kier molecular flexibility index (Phi) is 6.59. The Morgan fingerprint density at radius 3 is 2.53 bits per heavy atom. The molecule has 1 aromatic rings. The van der Waals surface area contributed by atoms with Crippen LogP contribution in [0.5, 0.6) is 0 Å². The van der Waals surface area contributed by atoms with Crippen LogP contribution in [0.4, 0.5) is 0 Å². The van der Waals surface area contributed by atoms with E-state index in [9.17, 15) is 0 Å². The number of ether oxygens (including phenoxy) is 1. The summed E-state index contributed by atoms with van der Waals surface area (Å²) in [5, 5.41) is 3.61. The number of rotatable bonds is 8. The quantitative estimate of drug-likeness (QED) is 0.781. The van der Waals surface area contributed by atoms with Gasteiger partial charge in [-0.1, -0.05) is 27.7 Å². The van der Waals surface area contributed by atoms with Gasteiger partial charge in [-0.25, -0.2) is 0 Å². The van der Waals surface area contributed by atoms with E-state index in [0.29, 0.717) is 0 Å². The molecule has 0 spiro atoms. The zero-order chi connectivity index (χ0) is 14.3. The van der Waals surface area contributed by atoms with Crippen LogP contribution in [-0.4, -0.2) is 25.3 Å². The number of hydrogen-bond donors (Lipinski definition) is 1. The normalized spacial score (nSPS) is 15.4. The zero-order valence-electron chi connectivity index (χ0n) is 13.0. The molecule has 0 aliphatic carbocycles. The summed E-state index contributed by atoms with van der Waals surface area (Å²) >= 11 is 0. The van der Waals surface area contributed by atoms with Gasteiger partial charge in [0, 0.05) is 19.1 Å². The highest BCUT2D eigenvalue weighted by atomic mass is 16.5. The summed E-state index contributed by atoms with van der Waals surface area (Å²) in [4.78, 5) is 0. The molecule has 3 heteroatoms. The van der Waals surface area contributed by atoms with Crippen LogP contribution in [0.2, 0.25) is 0 Å². The van der Waals surface area contributed by atoms with Crippen LogP contribution in [0.15, 0.2) is 22.8 Å². The Balaban J connectivity index is 2.79. The molecule has 0 saturated heterocycles. The standard InChI is InChI=1S/C16H29NO2/c1-6-10-17-14(12-13-9-8-11-19-13)15(18-7-2)16(3,4)5/h8-9,11,14-15,17H,6-7,10,12H2,1-5H3. The first-order valence-corrected chi connectivity index (χ1v) is 7.36. The molecule has 0 fully saturated rings. The highest BCUT2D eigenvalue weighted by Crippen LogP contribution is 2.27. The van der Waals surface area contributed by atoms with Crippen molar-refractivity contribution in [3.05, 3.63) is 24.2 Å². The lowest BCUT2D eigenvalue weighted by atomic mass is 9.83. The summed E-state index contributed by atoms with van der Waals surface area (Å²) in [6, 6.07) is 4.26. The van der Waals surface area contributed by atoms with Crippen molar-refractivity contribution in [2.75, 3.05) is 13.2 Å². The van der Waals surface area contributed by atoms with E-state index in [-0.39, 0.29) is 17.6 Å². The first-order valence-electron chi connectivity index (χ1n) is 7.36. The molecule has 1 rings (SSSR count). The minimum Gasteiger partial charge on any atom is -0.469 e. The summed E-state index contributed by atoms with van der Waals surface area (Å²) in [6.07, 6.45) is 3.90. The summed E-state index contributed by atoms with van der Waals surface area (Å²) in [7, 11) is 0. The molecule has 1 N–H and O–H groups in total. The molecule has 1 aromatic heterocycles. The van der Waals surface area contributed by atoms with Gasteiger partial charge in [0.15, 0.2) is 0 Å². The maximum Gasteiger partial charge on any atom is 0.105 e. The minimum absolute atomic E-state index is 0.105. The highest BCUT2D eigenvalue weighted by Gasteiger charge is 2.33. The summed E-state index contributed by atoms with van der Waals surface area (Å²) in [5.74, 6) is 1.02. The van der Waals surface area contributed by atoms with Gasteiger partial charge in [0.2, 0.25) is 0 Å². The van der Waals surface area contributed by atoms with Gasteiger partial charge in [0.25, 0.3) is 0 Å². The van der Waals surface area contributed by atoms with E-state index in [2.05, 4.69) is 39.9 Å². The van der Waals surface area contributed by atoms with Gasteiger partial charge in [-0.15, -0.1) is 0 Å². The van der Waals surface area contributed by atoms with Crippen LogP contribution in [-0.2, 0) is 11.2 Å². The maximum atomic E-state index is 6.01. The summed E-state index contributed by atoms with van der Waals surface area (Å²) in [5.41, 5.74) is 0.105. The van der Waals surface area contributed by atoms with Crippen molar-refractivity contribution in [3.63, 3.8) is 0 Å². The fourth-order valence-corrected chi connectivity index (χ4v) is 2.41. The summed E-state index contributed by atoms with van der Waals surface area (Å²) < 4.78 is 11.5. The van der Waals surface area contributed by atoms with E-state index < -0.39 is 0 Å². The lowest BCUT2D eigenvalue weighted by molar-refractivity contribution is -0.0363. The lowest BCUT2D eigenvalue weighted by Gasteiger charge is -2.37. The smallest absolute Gasteiger partial charge is 0.105 e. The SMILES string of the molecule is CCCNC(Cc1ccco1)C(OCC)C(C)(C)C. The van der Waals surface area contributed by atoms with Crippen molar-refractivity contribution in [2.24, 2.45) is 5.41 Å². The van der Waals surface area contributed by atoms with E-state index in [1.807, 2.05) is 12.1 Å². The van der Waals surface area contributed by atoms with Crippen molar-refractivity contribution in [1.82, 2.24) is 5.32 Å². The molecule has 0 bridgehead atoms. The number of nitrogens with one attached hydrogen (secondary N) is 1. The fourth-order valence-electron chi connectivity index (χ4n) is 2.41. The predicted octanol–water partition coefficient (Wildman–Crippen LogP) is 3.64. The first-order chi connectivity index (χ1) is 8.99. The molecule has 0 aromatic carbocycles. The van der Waals surface area contributed by atoms with E-state index in [0.717, 1.165) is 31.8 Å². The van der Waals surface area contributed by atoms with E-state index in [1.54, 1.807) is 6.26 Å². The van der Waals surface area contributed by atoms with Crippen LogP contribution in [0.1, 0.15) is 46.8 Å². The van der Waals surface area contributed by atoms with Crippen molar-refractivity contribution < 1.29 is 9.15 Å². The third-order valence-corrected chi connectivity index (χ3v) is 3.22. The van der Waals surface area contributed by atoms with Gasteiger partial charge >= 0.3 is 0 Å². The van der Waals surface area contributed by atoms with Gasteiger partial charge in [0.05, 0.1) is 12.4 Å². The third kappa shape index (κ3) is 5.37. The van der Waals surface area contributed by atoms with Crippen molar-refractivity contribution >= 4 is 0 Å². The molecule has 2 unspecified atom stereocenters. The Hall–Kier alpha value is -0.800. The largest absolute Gasteiger partial charge is 0.469 e. The molecule has 2 atom stereocenters. The molecule has 0 amide bonds. The lowest BCUT2D eigenvalue weighted by Crippen LogP contribution is -2.49. The van der Waals surface area contributed by atoms with Crippen molar-refractivity contribution in [1.29, 1.82) is 0 Å². The molecule has 3 nitrogen and oxygen atoms in total. The predicted molar refractivity (Wildman–Crippen MR) is 79.4 cm³/mol. The number of furan rings is 1. The molecular weight excluding hydrogens is 238 g/mol. The second kappa shape index (κ2) is 7.71. The topological polar surface area (TPSA) is 34.4 Å². The van der Waals surface area contributed by atoms with Gasteiger partial charge in [-0.3, -0.25) is 0 Å². The second-order valence-electron chi connectivity index (χ2n) is 6.09. The molecule has 0 aliphatic rings. The maximum absolute atomic E-state index is 6.01. The van der Waals surface area contributed by atoms with Crippen molar-refractivity contribution in [3.8, 4) is 0 Å². The Labute approximate surface area is 117 Å². The monoisotopic (exact) mass is 267 g/mol. The molecule has 0 saturated carbocycles. The van der Waals surface area contributed by atoms with Gasteiger partial charge < -0.3 is 14.5 Å². The van der Waals surface area contributed by atoms with Gasteiger partial charge in [-0.05, 0) is 37.4 Å². The third-order valence-electron chi connectivity index (χ3n) is 3.22. The Morgan fingerprint density at radius 1 is 1.32 bits per heavy atom. The Morgan fingerprint density at radius 2 is 2.05 bits per heavy atom. The van der Waals surface area contributed by atoms with Gasteiger partial charge in [-0.2, -0.15) is 0 Å². The highest BCUT2D eigenvalue weighted by molar-refractivity contribution is 5.03. The van der Waals surface area contributed by atoms with Crippen LogP contribution in [0.25, 0.3) is 0 Å². The van der Waals surface area contributed by atoms with Gasteiger partial charge in [0.1, 0.15) is 5.76 Å². The zero-order valence-corrected chi connectivity index (χ0v) is 13.0. The molecule has 110 valence electrons. The van der Waals surface area contributed by atoms with E-state index >= 15 is 0 Å². The number of hydrogen-bond acceptors (Lipinski definition) is 3. The molecule has 19 heavy (non-hydrogen) atoms. The molecule has 0 aliphatic heterocycles. The van der Waals surface area contributed by atoms with E-state index in [1.165, 1.54) is 0 Å². The second-order valence-corrected chi connectivity index (χ2v) is 6.09. The molecule has 0 radical (unpaired) electrons. The average Bonchev–Trinajstić information content (AvgIpc) is 2.83. The Bertz CT molecular complexity index is 327. The van der Waals surface area contributed by atoms with Crippen molar-refractivity contribution in [2.45, 2.75) is 59.6 Å². The minimum atomic E-state index is 0.105. The van der Waals surface area contributed by atoms with E-state index in [4.69, 9.17) is 9.15 Å². The average molecular weight is 267 g/mol. The van der Waals surface area contributed by atoms with Crippen LogP contribution < -0.4 is 5.32 Å². The summed E-state index contributed by atoms with van der Waals surface area (Å²) in [6.45, 7) is 12.7. The van der Waals surface area contributed by atoms with Crippen LogP contribution >= 0.6 is 0 Å². The molecule has 1 heterocycles. The van der Waals surface area contributed by atoms with Crippen LogP contribution in [0, 0.1) is 5.41 Å². The fraction of sp³-hybridized carbons (Fsp3) is 0.750.